The number of hydrogen-bond acceptors (Lipinski definition) is 6. The van der Waals surface area contributed by atoms with Crippen LogP contribution in [0.4, 0.5) is 11.6 Å². The van der Waals surface area contributed by atoms with Crippen LogP contribution in [0.15, 0.2) is 0 Å². The summed E-state index contributed by atoms with van der Waals surface area (Å²) in [6.07, 6.45) is 0. The first-order valence-electron chi connectivity index (χ1n) is 7.01. The Morgan fingerprint density at radius 2 is 2.00 bits per heavy atom. The molecule has 1 aromatic heterocycles. The molecule has 1 unspecified atom stereocenters. The van der Waals surface area contributed by atoms with Gasteiger partial charge in [0.25, 0.3) is 0 Å². The number of carbonyl (C=O) groups excluding carboxylic acids is 2. The van der Waals surface area contributed by atoms with Gasteiger partial charge < -0.3 is 10.2 Å². The Morgan fingerprint density at radius 3 is 2.57 bits per heavy atom. The number of piperazine rings is 1. The van der Waals surface area contributed by atoms with Crippen LogP contribution in [0, 0.1) is 6.92 Å². The van der Waals surface area contributed by atoms with E-state index >= 15 is 0 Å². The van der Waals surface area contributed by atoms with Gasteiger partial charge >= 0.3 is 0 Å². The van der Waals surface area contributed by atoms with Crippen molar-refractivity contribution >= 4 is 23.5 Å². The van der Waals surface area contributed by atoms with Gasteiger partial charge in [-0.25, -0.2) is 9.97 Å². The van der Waals surface area contributed by atoms with Crippen molar-refractivity contribution in [3.63, 3.8) is 0 Å². The fourth-order valence-electron chi connectivity index (χ4n) is 2.28. The summed E-state index contributed by atoms with van der Waals surface area (Å²) in [6, 6.07) is -0.444. The summed E-state index contributed by atoms with van der Waals surface area (Å²) in [6.45, 7) is 7.77. The SMILES string of the molecule is CNc1nc(C(C)C)nc(N2CC(=O)NC(=O)C2C)c1C. The average molecular weight is 291 g/mol. The van der Waals surface area contributed by atoms with Crippen LogP contribution in [-0.2, 0) is 9.59 Å². The third kappa shape index (κ3) is 2.81. The predicted octanol–water partition coefficient (Wildman–Crippen LogP) is 0.801. The van der Waals surface area contributed by atoms with Crippen molar-refractivity contribution in [2.45, 2.75) is 39.7 Å². The highest BCUT2D eigenvalue weighted by Gasteiger charge is 2.33. The first kappa shape index (κ1) is 15.2. The molecule has 0 radical (unpaired) electrons. The van der Waals surface area contributed by atoms with E-state index in [9.17, 15) is 9.59 Å². The minimum atomic E-state index is -0.444. The van der Waals surface area contributed by atoms with Crippen molar-refractivity contribution in [3.8, 4) is 0 Å². The third-order valence-electron chi connectivity index (χ3n) is 3.59. The van der Waals surface area contributed by atoms with Gasteiger partial charge in [0.05, 0.1) is 6.54 Å². The van der Waals surface area contributed by atoms with Gasteiger partial charge in [-0.2, -0.15) is 0 Å². The summed E-state index contributed by atoms with van der Waals surface area (Å²) in [5.74, 6) is 1.57. The molecule has 21 heavy (non-hydrogen) atoms. The van der Waals surface area contributed by atoms with Crippen molar-refractivity contribution < 1.29 is 9.59 Å². The molecule has 2 N–H and O–H groups in total. The van der Waals surface area contributed by atoms with E-state index in [1.54, 1.807) is 18.9 Å². The van der Waals surface area contributed by atoms with Crippen molar-refractivity contribution in [3.05, 3.63) is 11.4 Å². The van der Waals surface area contributed by atoms with E-state index in [0.29, 0.717) is 17.5 Å². The highest BCUT2D eigenvalue weighted by molar-refractivity contribution is 6.04. The highest BCUT2D eigenvalue weighted by Crippen LogP contribution is 2.27. The van der Waals surface area contributed by atoms with Gasteiger partial charge in [0, 0.05) is 18.5 Å². The van der Waals surface area contributed by atoms with Gasteiger partial charge in [0.15, 0.2) is 0 Å². The predicted molar refractivity (Wildman–Crippen MR) is 80.4 cm³/mol. The largest absolute Gasteiger partial charge is 0.373 e. The van der Waals surface area contributed by atoms with E-state index in [1.807, 2.05) is 20.8 Å². The van der Waals surface area contributed by atoms with E-state index < -0.39 is 6.04 Å². The molecule has 7 nitrogen and oxygen atoms in total. The van der Waals surface area contributed by atoms with Crippen molar-refractivity contribution in [2.24, 2.45) is 0 Å². The second-order valence-electron chi connectivity index (χ2n) is 5.50. The Labute approximate surface area is 124 Å². The molecule has 1 aliphatic rings. The number of nitrogens with zero attached hydrogens (tertiary/aromatic N) is 3. The molecule has 1 aromatic rings. The quantitative estimate of drug-likeness (QED) is 0.801. The molecule has 0 aliphatic carbocycles. The monoisotopic (exact) mass is 291 g/mol. The van der Waals surface area contributed by atoms with E-state index in [4.69, 9.17) is 0 Å². The van der Waals surface area contributed by atoms with E-state index in [1.165, 1.54) is 0 Å². The van der Waals surface area contributed by atoms with Gasteiger partial charge in [-0.3, -0.25) is 14.9 Å². The van der Waals surface area contributed by atoms with E-state index in [-0.39, 0.29) is 24.3 Å². The summed E-state index contributed by atoms with van der Waals surface area (Å²) < 4.78 is 0. The Hall–Kier alpha value is -2.18. The molecule has 1 fully saturated rings. The van der Waals surface area contributed by atoms with Crippen LogP contribution in [0.5, 0.6) is 0 Å². The number of amides is 2. The van der Waals surface area contributed by atoms with E-state index in [0.717, 1.165) is 5.56 Å². The number of aromatic nitrogens is 2. The summed E-state index contributed by atoms with van der Waals surface area (Å²) in [7, 11) is 1.79. The van der Waals surface area contributed by atoms with Crippen LogP contribution >= 0.6 is 0 Å². The Bertz CT molecular complexity index is 585. The molecular weight excluding hydrogens is 270 g/mol. The zero-order valence-electron chi connectivity index (χ0n) is 13.0. The summed E-state index contributed by atoms with van der Waals surface area (Å²) in [4.78, 5) is 34.3. The fourth-order valence-corrected chi connectivity index (χ4v) is 2.28. The molecule has 0 saturated carbocycles. The summed E-state index contributed by atoms with van der Waals surface area (Å²) >= 11 is 0. The topological polar surface area (TPSA) is 87.2 Å². The molecule has 1 atom stereocenters. The van der Waals surface area contributed by atoms with Gasteiger partial charge in [0.1, 0.15) is 23.5 Å². The molecule has 7 heteroatoms. The second-order valence-corrected chi connectivity index (χ2v) is 5.50. The molecule has 0 bridgehead atoms. The van der Waals surface area contributed by atoms with Gasteiger partial charge in [-0.05, 0) is 13.8 Å². The minimum absolute atomic E-state index is 0.117. The number of carbonyl (C=O) groups is 2. The highest BCUT2D eigenvalue weighted by atomic mass is 16.2. The Morgan fingerprint density at radius 1 is 1.33 bits per heavy atom. The van der Waals surface area contributed by atoms with Crippen LogP contribution in [0.1, 0.15) is 38.1 Å². The lowest BCUT2D eigenvalue weighted by molar-refractivity contribution is -0.132. The average Bonchev–Trinajstić information content (AvgIpc) is 2.43. The molecule has 2 heterocycles. The zero-order valence-corrected chi connectivity index (χ0v) is 13.0. The maximum atomic E-state index is 11.8. The molecule has 2 rings (SSSR count). The van der Waals surface area contributed by atoms with Crippen molar-refractivity contribution in [1.82, 2.24) is 15.3 Å². The molecular formula is C14H21N5O2. The van der Waals surface area contributed by atoms with Crippen LogP contribution in [-0.4, -0.2) is 41.4 Å². The number of imide groups is 1. The second kappa shape index (κ2) is 5.67. The third-order valence-corrected chi connectivity index (χ3v) is 3.59. The van der Waals surface area contributed by atoms with Crippen molar-refractivity contribution in [1.29, 1.82) is 0 Å². The van der Waals surface area contributed by atoms with Gasteiger partial charge in [0.2, 0.25) is 11.8 Å². The molecule has 0 spiro atoms. The minimum Gasteiger partial charge on any atom is -0.373 e. The van der Waals surface area contributed by atoms with Crippen LogP contribution < -0.4 is 15.5 Å². The molecule has 2 amide bonds. The Balaban J connectivity index is 2.53. The fraction of sp³-hybridized carbons (Fsp3) is 0.571. The molecule has 1 aliphatic heterocycles. The summed E-state index contributed by atoms with van der Waals surface area (Å²) in [5, 5.41) is 5.38. The molecule has 1 saturated heterocycles. The molecule has 0 aromatic carbocycles. The maximum Gasteiger partial charge on any atom is 0.249 e. The van der Waals surface area contributed by atoms with Gasteiger partial charge in [-0.15, -0.1) is 0 Å². The first-order valence-corrected chi connectivity index (χ1v) is 7.01. The number of nitrogens with one attached hydrogen (secondary N) is 2. The standard InChI is InChI=1S/C14H21N5O2/c1-7(2)11-17-12(15-5)8(3)13(18-11)19-6-10(20)16-14(21)9(19)4/h7,9H,6H2,1-5H3,(H,15,17,18)(H,16,20,21). The number of anilines is 2. The molecule has 114 valence electrons. The number of rotatable bonds is 3. The lowest BCUT2D eigenvalue weighted by Crippen LogP contribution is -2.57. The zero-order chi connectivity index (χ0) is 15.7. The summed E-state index contributed by atoms with van der Waals surface area (Å²) in [5.41, 5.74) is 0.830. The lowest BCUT2D eigenvalue weighted by atomic mass is 10.1. The first-order chi connectivity index (χ1) is 9.85. The maximum absolute atomic E-state index is 11.8. The van der Waals surface area contributed by atoms with Crippen LogP contribution in [0.25, 0.3) is 0 Å². The van der Waals surface area contributed by atoms with Gasteiger partial charge in [-0.1, -0.05) is 13.8 Å². The van der Waals surface area contributed by atoms with E-state index in [2.05, 4.69) is 20.6 Å². The number of hydrogen-bond donors (Lipinski definition) is 2. The lowest BCUT2D eigenvalue weighted by Gasteiger charge is -2.34. The normalized spacial score (nSPS) is 19.0. The van der Waals surface area contributed by atoms with Crippen LogP contribution in [0.2, 0.25) is 0 Å². The Kier molecular flexibility index (Phi) is 4.11. The van der Waals surface area contributed by atoms with Crippen molar-refractivity contribution in [2.75, 3.05) is 23.8 Å². The van der Waals surface area contributed by atoms with Crippen LogP contribution in [0.3, 0.4) is 0 Å². The smallest absolute Gasteiger partial charge is 0.249 e.